The van der Waals surface area contributed by atoms with Crippen LogP contribution in [-0.2, 0) is 14.8 Å². The lowest BCUT2D eigenvalue weighted by Gasteiger charge is -2.41. The van der Waals surface area contributed by atoms with Crippen molar-refractivity contribution in [3.63, 3.8) is 0 Å². The number of rotatable bonds is 13. The SMILES string of the molecule is CCCCCCC(CC)N([N+](C)(C)C)S(=O)(=O)C(N)CCC(=O)O. The zero-order valence-electron chi connectivity index (χ0n) is 15.9. The molecule has 0 radical (unpaired) electrons. The molecular weight excluding hydrogens is 330 g/mol. The van der Waals surface area contributed by atoms with E-state index in [0.29, 0.717) is 6.42 Å². The van der Waals surface area contributed by atoms with Gasteiger partial charge in [-0.25, -0.2) is 13.0 Å². The summed E-state index contributed by atoms with van der Waals surface area (Å²) in [6.07, 6.45) is 5.49. The molecule has 0 rings (SSSR count). The Hall–Kier alpha value is -0.700. The average molecular weight is 367 g/mol. The molecule has 0 aromatic heterocycles. The monoisotopic (exact) mass is 366 g/mol. The van der Waals surface area contributed by atoms with Gasteiger partial charge in [-0.15, -0.1) is 0 Å². The van der Waals surface area contributed by atoms with Crippen LogP contribution in [0.5, 0.6) is 0 Å². The predicted octanol–water partition coefficient (Wildman–Crippen LogP) is 2.14. The quantitative estimate of drug-likeness (QED) is 0.295. The van der Waals surface area contributed by atoms with Crippen LogP contribution >= 0.6 is 0 Å². The van der Waals surface area contributed by atoms with Gasteiger partial charge in [0.25, 0.3) is 10.0 Å². The first-order valence-corrected chi connectivity index (χ1v) is 10.3. The van der Waals surface area contributed by atoms with Gasteiger partial charge in [-0.2, -0.15) is 0 Å². The van der Waals surface area contributed by atoms with Gasteiger partial charge in [0, 0.05) is 6.42 Å². The fourth-order valence-corrected chi connectivity index (χ4v) is 4.92. The molecule has 0 aliphatic carbocycles. The number of sulfonamides is 1. The van der Waals surface area contributed by atoms with Crippen LogP contribution in [0.25, 0.3) is 0 Å². The van der Waals surface area contributed by atoms with Gasteiger partial charge in [-0.3, -0.25) is 4.79 Å². The molecule has 0 aromatic rings. The Morgan fingerprint density at radius 3 is 2.12 bits per heavy atom. The molecule has 0 amide bonds. The number of aliphatic carboxylic acids is 1. The zero-order chi connectivity index (χ0) is 19.0. The summed E-state index contributed by atoms with van der Waals surface area (Å²) in [5.41, 5.74) is 5.86. The van der Waals surface area contributed by atoms with Crippen molar-refractivity contribution < 1.29 is 22.9 Å². The smallest absolute Gasteiger partial charge is 0.303 e. The fourth-order valence-electron chi connectivity index (χ4n) is 2.87. The maximum atomic E-state index is 13.0. The molecule has 0 aromatic carbocycles. The second-order valence-electron chi connectivity index (χ2n) is 7.14. The molecule has 7 nitrogen and oxygen atoms in total. The highest BCUT2D eigenvalue weighted by Crippen LogP contribution is 2.24. The molecule has 0 aliphatic heterocycles. The van der Waals surface area contributed by atoms with Crippen molar-refractivity contribution >= 4 is 16.0 Å². The van der Waals surface area contributed by atoms with Crippen molar-refractivity contribution in [2.45, 2.75) is 76.6 Å². The van der Waals surface area contributed by atoms with Crippen LogP contribution in [0.3, 0.4) is 0 Å². The molecule has 0 fully saturated rings. The first-order chi connectivity index (χ1) is 11.0. The van der Waals surface area contributed by atoms with E-state index in [1.54, 1.807) is 21.1 Å². The van der Waals surface area contributed by atoms with Gasteiger partial charge in [0.2, 0.25) is 0 Å². The van der Waals surface area contributed by atoms with Gasteiger partial charge in [0.1, 0.15) is 5.37 Å². The van der Waals surface area contributed by atoms with E-state index in [1.807, 2.05) is 6.92 Å². The predicted molar refractivity (Wildman–Crippen MR) is 96.5 cm³/mol. The highest BCUT2D eigenvalue weighted by atomic mass is 32.2. The molecule has 8 heteroatoms. The van der Waals surface area contributed by atoms with Gasteiger partial charge in [0.05, 0.1) is 27.2 Å². The number of hydrogen-bond donors (Lipinski definition) is 2. The number of carbonyl (C=O) groups is 1. The van der Waals surface area contributed by atoms with Gasteiger partial charge in [-0.05, 0) is 23.7 Å². The van der Waals surface area contributed by atoms with Crippen molar-refractivity contribution in [2.75, 3.05) is 21.1 Å². The van der Waals surface area contributed by atoms with E-state index in [2.05, 4.69) is 6.92 Å². The summed E-state index contributed by atoms with van der Waals surface area (Å²) in [7, 11) is 1.62. The molecule has 24 heavy (non-hydrogen) atoms. The molecular formula is C16H36N3O4S+. The van der Waals surface area contributed by atoms with Crippen molar-refractivity contribution in [1.82, 2.24) is 4.41 Å². The third-order valence-electron chi connectivity index (χ3n) is 4.05. The van der Waals surface area contributed by atoms with Gasteiger partial charge in [-0.1, -0.05) is 39.5 Å². The van der Waals surface area contributed by atoms with Crippen LogP contribution in [0.4, 0.5) is 0 Å². The standard InChI is InChI=1S/C16H35N3O4S/c1-6-8-9-10-11-14(7-2)18(19(3,4)5)24(22,23)15(17)12-13-16(20)21/h14-15H,6-13,17H2,1-5H3/p+1. The second-order valence-corrected chi connectivity index (χ2v) is 9.15. The Labute approximate surface area is 147 Å². The molecule has 0 spiro atoms. The summed E-state index contributed by atoms with van der Waals surface area (Å²) >= 11 is 0. The van der Waals surface area contributed by atoms with E-state index in [0.717, 1.165) is 32.1 Å². The Bertz CT molecular complexity index is 474. The lowest BCUT2D eigenvalue weighted by molar-refractivity contribution is -0.970. The number of nitrogens with zero attached hydrogens (tertiary/aromatic N) is 2. The maximum Gasteiger partial charge on any atom is 0.303 e. The Kier molecular flexibility index (Phi) is 10.0. The zero-order valence-corrected chi connectivity index (χ0v) is 16.7. The number of hydrogen-bond acceptors (Lipinski definition) is 4. The van der Waals surface area contributed by atoms with Crippen LogP contribution in [-0.4, -0.2) is 61.1 Å². The summed E-state index contributed by atoms with van der Waals surface area (Å²) in [5.74, 6) is -1.04. The van der Waals surface area contributed by atoms with E-state index in [1.165, 1.54) is 4.41 Å². The van der Waals surface area contributed by atoms with Gasteiger partial charge < -0.3 is 10.8 Å². The second kappa shape index (κ2) is 10.3. The van der Waals surface area contributed by atoms with Crippen molar-refractivity contribution in [2.24, 2.45) is 5.73 Å². The molecule has 0 heterocycles. The Morgan fingerprint density at radius 2 is 1.71 bits per heavy atom. The summed E-state index contributed by atoms with van der Waals surface area (Å²) < 4.78 is 27.5. The van der Waals surface area contributed by atoms with Crippen LogP contribution in [0.2, 0.25) is 0 Å². The average Bonchev–Trinajstić information content (AvgIpc) is 2.45. The minimum Gasteiger partial charge on any atom is -0.481 e. The molecule has 0 aliphatic rings. The molecule has 144 valence electrons. The van der Waals surface area contributed by atoms with Crippen LogP contribution < -0.4 is 5.73 Å². The first-order valence-electron chi connectivity index (χ1n) is 8.81. The van der Waals surface area contributed by atoms with E-state index >= 15 is 0 Å². The largest absolute Gasteiger partial charge is 0.481 e. The maximum absolute atomic E-state index is 13.0. The molecule has 0 bridgehead atoms. The van der Waals surface area contributed by atoms with E-state index < -0.39 is 21.4 Å². The highest BCUT2D eigenvalue weighted by Gasteiger charge is 2.42. The summed E-state index contributed by atoms with van der Waals surface area (Å²) in [5, 5.41) is 7.58. The van der Waals surface area contributed by atoms with Crippen LogP contribution in [0.1, 0.15) is 65.2 Å². The summed E-state index contributed by atoms with van der Waals surface area (Å²) in [6.45, 7) is 4.12. The number of unbranched alkanes of at least 4 members (excludes halogenated alkanes) is 3. The van der Waals surface area contributed by atoms with E-state index in [9.17, 15) is 13.2 Å². The topological polar surface area (TPSA) is 101 Å². The molecule has 2 unspecified atom stereocenters. The van der Waals surface area contributed by atoms with E-state index in [-0.39, 0.29) is 23.5 Å². The number of carboxylic acids is 1. The molecule has 2 atom stereocenters. The molecule has 0 saturated carbocycles. The van der Waals surface area contributed by atoms with Gasteiger partial charge in [0.15, 0.2) is 0 Å². The normalized spacial score (nSPS) is 15.5. The minimum absolute atomic E-state index is 0.0829. The van der Waals surface area contributed by atoms with Crippen molar-refractivity contribution in [1.29, 1.82) is 0 Å². The number of quaternary nitrogens is 1. The number of carboxylic acid groups (broad SMARTS) is 1. The molecule has 3 N–H and O–H groups in total. The third-order valence-corrected chi connectivity index (χ3v) is 6.36. The Balaban J connectivity index is 5.30. The van der Waals surface area contributed by atoms with Gasteiger partial charge >= 0.3 is 5.97 Å². The number of nitrogens with two attached hydrogens (primary N) is 1. The van der Waals surface area contributed by atoms with Crippen LogP contribution in [0, 0.1) is 0 Å². The highest BCUT2D eigenvalue weighted by molar-refractivity contribution is 7.89. The lowest BCUT2D eigenvalue weighted by atomic mass is 10.1. The van der Waals surface area contributed by atoms with Crippen molar-refractivity contribution in [3.8, 4) is 0 Å². The molecule has 0 saturated heterocycles. The lowest BCUT2D eigenvalue weighted by Crippen LogP contribution is -2.62. The van der Waals surface area contributed by atoms with Crippen molar-refractivity contribution in [3.05, 3.63) is 0 Å². The Morgan fingerprint density at radius 1 is 1.12 bits per heavy atom. The van der Waals surface area contributed by atoms with E-state index in [4.69, 9.17) is 10.8 Å². The minimum atomic E-state index is -3.79. The van der Waals surface area contributed by atoms with Crippen LogP contribution in [0.15, 0.2) is 0 Å². The summed E-state index contributed by atoms with van der Waals surface area (Å²) in [6, 6.07) is -0.136. The fraction of sp³-hybridized carbons (Fsp3) is 0.938. The summed E-state index contributed by atoms with van der Waals surface area (Å²) in [4.78, 5) is 10.7. The first kappa shape index (κ1) is 23.3. The third kappa shape index (κ3) is 7.46.